The van der Waals surface area contributed by atoms with Crippen molar-refractivity contribution in [1.29, 1.82) is 0 Å². The van der Waals surface area contributed by atoms with Gasteiger partial charge in [-0.05, 0) is 35.7 Å². The average molecular weight is 411 g/mol. The molecule has 0 saturated carbocycles. The van der Waals surface area contributed by atoms with E-state index in [1.54, 1.807) is 0 Å². The van der Waals surface area contributed by atoms with Gasteiger partial charge in [0.25, 0.3) is 0 Å². The van der Waals surface area contributed by atoms with Gasteiger partial charge in [0, 0.05) is 67.2 Å². The van der Waals surface area contributed by atoms with Gasteiger partial charge in [-0.25, -0.2) is 4.79 Å². The van der Waals surface area contributed by atoms with Crippen LogP contribution in [0.15, 0.2) is 79.1 Å². The molecule has 0 bridgehead atoms. The van der Waals surface area contributed by atoms with Crippen molar-refractivity contribution >= 4 is 16.9 Å². The molecule has 4 aromatic rings. The Hall–Kier alpha value is -3.60. The second-order valence-electron chi connectivity index (χ2n) is 8.02. The zero-order valence-electron chi connectivity index (χ0n) is 17.5. The molecule has 156 valence electrons. The first-order valence-electron chi connectivity index (χ1n) is 10.8. The molecule has 0 radical (unpaired) electrons. The largest absolute Gasteiger partial charge is 0.340 e. The minimum absolute atomic E-state index is 0.0209. The summed E-state index contributed by atoms with van der Waals surface area (Å²) in [5, 5.41) is 4.34. The molecule has 5 heteroatoms. The molecule has 31 heavy (non-hydrogen) atoms. The molecular weight excluding hydrogens is 384 g/mol. The number of aromatic nitrogens is 2. The summed E-state index contributed by atoms with van der Waals surface area (Å²) in [6, 6.07) is 22.9. The Balaban J connectivity index is 1.33. The molecule has 5 nitrogen and oxygen atoms in total. The van der Waals surface area contributed by atoms with Gasteiger partial charge >= 0.3 is 6.03 Å². The van der Waals surface area contributed by atoms with E-state index in [-0.39, 0.29) is 6.03 Å². The Kier molecular flexibility index (Phi) is 5.40. The molecule has 0 fully saturated rings. The summed E-state index contributed by atoms with van der Waals surface area (Å²) in [7, 11) is 0. The number of carbonyl (C=O) groups excluding carboxylic acids is 1. The van der Waals surface area contributed by atoms with Crippen molar-refractivity contribution in [2.24, 2.45) is 0 Å². The number of nitrogens with zero attached hydrogens (tertiary/aromatic N) is 3. The zero-order valence-corrected chi connectivity index (χ0v) is 17.5. The van der Waals surface area contributed by atoms with Crippen molar-refractivity contribution < 1.29 is 4.79 Å². The maximum Gasteiger partial charge on any atom is 0.317 e. The van der Waals surface area contributed by atoms with E-state index >= 15 is 0 Å². The van der Waals surface area contributed by atoms with Crippen molar-refractivity contribution in [1.82, 2.24) is 19.8 Å². The molecule has 2 amide bonds. The molecule has 1 aliphatic rings. The summed E-state index contributed by atoms with van der Waals surface area (Å²) in [6.45, 7) is 2.85. The van der Waals surface area contributed by atoms with Gasteiger partial charge in [0.05, 0.1) is 0 Å². The van der Waals surface area contributed by atoms with Gasteiger partial charge in [0.2, 0.25) is 0 Å². The highest BCUT2D eigenvalue weighted by molar-refractivity contribution is 5.87. The van der Waals surface area contributed by atoms with Gasteiger partial charge in [-0.15, -0.1) is 0 Å². The van der Waals surface area contributed by atoms with Crippen LogP contribution in [0.4, 0.5) is 4.79 Å². The molecular formula is C26H26N4O. The van der Waals surface area contributed by atoms with Crippen molar-refractivity contribution in [3.8, 4) is 0 Å². The molecule has 0 atom stereocenters. The minimum Gasteiger partial charge on any atom is -0.340 e. The fraction of sp³-hybridized carbons (Fsp3) is 0.231. The maximum atomic E-state index is 12.8. The molecule has 2 aromatic heterocycles. The Morgan fingerprint density at radius 3 is 2.55 bits per heavy atom. The van der Waals surface area contributed by atoms with Crippen LogP contribution in [-0.4, -0.2) is 33.6 Å². The number of hydrogen-bond acceptors (Lipinski definition) is 2. The molecule has 0 aliphatic carbocycles. The van der Waals surface area contributed by atoms with Gasteiger partial charge < -0.3 is 14.8 Å². The lowest BCUT2D eigenvalue weighted by atomic mass is 10.0. The van der Waals surface area contributed by atoms with Crippen LogP contribution < -0.4 is 5.32 Å². The Morgan fingerprint density at radius 1 is 0.935 bits per heavy atom. The van der Waals surface area contributed by atoms with E-state index < -0.39 is 0 Å². The number of amides is 2. The van der Waals surface area contributed by atoms with Crippen LogP contribution in [-0.2, 0) is 25.9 Å². The lowest BCUT2D eigenvalue weighted by Gasteiger charge is -2.28. The standard InChI is InChI=1S/C26H26N4O/c31-26(28-16-12-20-6-2-1-3-7-20)29-17-13-25-23(19-29)22-8-4-5-9-24(22)30(25)18-21-10-14-27-15-11-21/h1-11,14-15H,12-13,16-19H2,(H,28,31). The number of pyridine rings is 1. The van der Waals surface area contributed by atoms with E-state index in [9.17, 15) is 4.79 Å². The van der Waals surface area contributed by atoms with E-state index in [0.717, 1.165) is 25.9 Å². The minimum atomic E-state index is 0.0209. The molecule has 0 saturated heterocycles. The first-order chi connectivity index (χ1) is 15.3. The number of urea groups is 1. The van der Waals surface area contributed by atoms with Crippen molar-refractivity contribution in [2.45, 2.75) is 25.9 Å². The van der Waals surface area contributed by atoms with E-state index in [1.165, 1.54) is 33.3 Å². The number of para-hydroxylation sites is 1. The van der Waals surface area contributed by atoms with Gasteiger partial charge in [0.15, 0.2) is 0 Å². The molecule has 2 aromatic carbocycles. The molecule has 1 N–H and O–H groups in total. The first kappa shape index (κ1) is 19.4. The van der Waals surface area contributed by atoms with Gasteiger partial charge in [-0.1, -0.05) is 48.5 Å². The molecule has 0 unspecified atom stereocenters. The second-order valence-corrected chi connectivity index (χ2v) is 8.02. The second kappa shape index (κ2) is 8.64. The number of hydrogen-bond donors (Lipinski definition) is 1. The van der Waals surface area contributed by atoms with Gasteiger partial charge in [0.1, 0.15) is 0 Å². The summed E-state index contributed by atoms with van der Waals surface area (Å²) < 4.78 is 2.41. The molecule has 0 spiro atoms. The summed E-state index contributed by atoms with van der Waals surface area (Å²) in [6.07, 6.45) is 5.39. The quantitative estimate of drug-likeness (QED) is 0.530. The summed E-state index contributed by atoms with van der Waals surface area (Å²) in [4.78, 5) is 18.9. The van der Waals surface area contributed by atoms with Crippen LogP contribution in [0.5, 0.6) is 0 Å². The lowest BCUT2D eigenvalue weighted by Crippen LogP contribution is -2.43. The van der Waals surface area contributed by atoms with Crippen LogP contribution in [0.25, 0.3) is 10.9 Å². The van der Waals surface area contributed by atoms with Crippen molar-refractivity contribution in [3.63, 3.8) is 0 Å². The van der Waals surface area contributed by atoms with Crippen LogP contribution in [0.1, 0.15) is 22.4 Å². The predicted molar refractivity (Wildman–Crippen MR) is 123 cm³/mol. The Labute approximate surface area is 182 Å². The third-order valence-corrected chi connectivity index (χ3v) is 6.07. The van der Waals surface area contributed by atoms with E-state index in [2.05, 4.69) is 63.4 Å². The smallest absolute Gasteiger partial charge is 0.317 e. The number of fused-ring (bicyclic) bond motifs is 3. The number of benzene rings is 2. The highest BCUT2D eigenvalue weighted by Crippen LogP contribution is 2.31. The zero-order chi connectivity index (χ0) is 21.0. The van der Waals surface area contributed by atoms with Crippen molar-refractivity contribution in [2.75, 3.05) is 13.1 Å². The maximum absolute atomic E-state index is 12.8. The predicted octanol–water partition coefficient (Wildman–Crippen LogP) is 4.40. The molecule has 3 heterocycles. The highest BCUT2D eigenvalue weighted by Gasteiger charge is 2.26. The fourth-order valence-electron chi connectivity index (χ4n) is 4.50. The fourth-order valence-corrected chi connectivity index (χ4v) is 4.50. The van der Waals surface area contributed by atoms with Gasteiger partial charge in [-0.3, -0.25) is 4.98 Å². The highest BCUT2D eigenvalue weighted by atomic mass is 16.2. The molecule has 5 rings (SSSR count). The lowest BCUT2D eigenvalue weighted by molar-refractivity contribution is 0.192. The Bertz CT molecular complexity index is 1180. The van der Waals surface area contributed by atoms with Crippen LogP contribution >= 0.6 is 0 Å². The van der Waals surface area contributed by atoms with Crippen molar-refractivity contribution in [3.05, 3.63) is 102 Å². The van der Waals surface area contributed by atoms with Crippen LogP contribution in [0.2, 0.25) is 0 Å². The third kappa shape index (κ3) is 4.04. The number of rotatable bonds is 5. The SMILES string of the molecule is O=C(NCCc1ccccc1)N1CCc2c(c3ccccc3n2Cc2ccncc2)C1. The monoisotopic (exact) mass is 410 g/mol. The number of carbonyl (C=O) groups is 1. The summed E-state index contributed by atoms with van der Waals surface area (Å²) in [5.74, 6) is 0. The van der Waals surface area contributed by atoms with E-state index in [0.29, 0.717) is 13.1 Å². The van der Waals surface area contributed by atoms with Crippen LogP contribution in [0.3, 0.4) is 0 Å². The topological polar surface area (TPSA) is 50.2 Å². The van der Waals surface area contributed by atoms with E-state index in [1.807, 2.05) is 35.5 Å². The normalized spacial score (nSPS) is 13.2. The van der Waals surface area contributed by atoms with E-state index in [4.69, 9.17) is 0 Å². The van der Waals surface area contributed by atoms with Crippen LogP contribution in [0, 0.1) is 0 Å². The average Bonchev–Trinajstić information content (AvgIpc) is 3.13. The summed E-state index contributed by atoms with van der Waals surface area (Å²) in [5.41, 5.74) is 6.32. The summed E-state index contributed by atoms with van der Waals surface area (Å²) >= 11 is 0. The molecule has 1 aliphatic heterocycles. The first-order valence-corrected chi connectivity index (χ1v) is 10.8. The van der Waals surface area contributed by atoms with Gasteiger partial charge in [-0.2, -0.15) is 0 Å². The number of nitrogens with one attached hydrogen (secondary N) is 1. The Morgan fingerprint density at radius 2 is 1.71 bits per heavy atom. The third-order valence-electron chi connectivity index (χ3n) is 6.07.